The minimum Gasteiger partial charge on any atom is -0.457 e. The molecule has 0 bridgehead atoms. The summed E-state index contributed by atoms with van der Waals surface area (Å²) in [4.78, 5) is 22.3. The van der Waals surface area contributed by atoms with Gasteiger partial charge in [-0.05, 0) is 38.5 Å². The zero-order valence-corrected chi connectivity index (χ0v) is 32.4. The molecule has 8 nitrogen and oxygen atoms in total. The smallest absolute Gasteiger partial charge is 0.457 e. The van der Waals surface area contributed by atoms with E-state index in [0.717, 1.165) is 32.1 Å². The van der Waals surface area contributed by atoms with Crippen molar-refractivity contribution in [1.29, 1.82) is 0 Å². The number of esters is 1. The molecular formula is C38H77NO7P+. The lowest BCUT2D eigenvalue weighted by Crippen LogP contribution is -2.37. The zero-order chi connectivity index (χ0) is 34.9. The van der Waals surface area contributed by atoms with E-state index < -0.39 is 13.9 Å². The second-order valence-electron chi connectivity index (χ2n) is 14.3. The molecule has 0 aromatic rings. The Balaban J connectivity index is 3.87. The maximum atomic E-state index is 12.3. The summed E-state index contributed by atoms with van der Waals surface area (Å²) >= 11 is 0. The summed E-state index contributed by atoms with van der Waals surface area (Å²) in [5.41, 5.74) is 0. The number of hydrogen-bond donors (Lipinski definition) is 1. The van der Waals surface area contributed by atoms with Crippen molar-refractivity contribution in [2.75, 3.05) is 54.1 Å². The van der Waals surface area contributed by atoms with E-state index in [1.54, 1.807) is 0 Å². The van der Waals surface area contributed by atoms with E-state index in [-0.39, 0.29) is 25.8 Å². The van der Waals surface area contributed by atoms with Gasteiger partial charge in [0, 0.05) is 13.0 Å². The van der Waals surface area contributed by atoms with Gasteiger partial charge in [0.2, 0.25) is 0 Å². The van der Waals surface area contributed by atoms with Gasteiger partial charge in [-0.1, -0.05) is 135 Å². The predicted octanol–water partition coefficient (Wildman–Crippen LogP) is 10.7. The monoisotopic (exact) mass is 691 g/mol. The first-order chi connectivity index (χ1) is 22.6. The fraction of sp³-hybridized carbons (Fsp3) is 0.921. The number of phosphoric ester groups is 1. The van der Waals surface area contributed by atoms with Crippen molar-refractivity contribution in [3.05, 3.63) is 12.2 Å². The third-order valence-corrected chi connectivity index (χ3v) is 9.31. The van der Waals surface area contributed by atoms with Crippen LogP contribution in [0.15, 0.2) is 12.2 Å². The molecule has 0 amide bonds. The van der Waals surface area contributed by atoms with Crippen molar-refractivity contribution in [1.82, 2.24) is 0 Å². The SMILES string of the molecule is CCCCCCCCCC/C=C\CCCCCCCCCCCCOCC(COP(=O)(O)OCC[N+](C)(C)C)OC(=O)CCCCC. The Morgan fingerprint density at radius 2 is 1.11 bits per heavy atom. The summed E-state index contributed by atoms with van der Waals surface area (Å²) < 4.78 is 34.5. The van der Waals surface area contributed by atoms with Gasteiger partial charge in [0.25, 0.3) is 0 Å². The zero-order valence-electron chi connectivity index (χ0n) is 31.5. The molecule has 0 saturated heterocycles. The Bertz CT molecular complexity index is 772. The van der Waals surface area contributed by atoms with Crippen molar-refractivity contribution in [2.24, 2.45) is 0 Å². The quantitative estimate of drug-likeness (QED) is 0.0230. The highest BCUT2D eigenvalue weighted by atomic mass is 31.2. The molecule has 0 aliphatic rings. The molecule has 0 aromatic heterocycles. The van der Waals surface area contributed by atoms with Gasteiger partial charge >= 0.3 is 13.8 Å². The third kappa shape index (κ3) is 36.3. The molecule has 0 rings (SSSR count). The van der Waals surface area contributed by atoms with Crippen LogP contribution in [0.5, 0.6) is 0 Å². The van der Waals surface area contributed by atoms with Crippen molar-refractivity contribution >= 4 is 13.8 Å². The molecule has 47 heavy (non-hydrogen) atoms. The van der Waals surface area contributed by atoms with Gasteiger partial charge in [-0.2, -0.15) is 0 Å². The molecule has 0 aliphatic heterocycles. The molecule has 1 N–H and O–H groups in total. The lowest BCUT2D eigenvalue weighted by atomic mass is 10.1. The van der Waals surface area contributed by atoms with Gasteiger partial charge < -0.3 is 18.9 Å². The van der Waals surface area contributed by atoms with Crippen LogP contribution in [-0.2, 0) is 27.9 Å². The van der Waals surface area contributed by atoms with E-state index in [1.807, 2.05) is 21.1 Å². The number of hydrogen-bond acceptors (Lipinski definition) is 6. The van der Waals surface area contributed by atoms with Crippen molar-refractivity contribution in [3.63, 3.8) is 0 Å². The maximum absolute atomic E-state index is 12.3. The van der Waals surface area contributed by atoms with Crippen molar-refractivity contribution < 1.29 is 37.3 Å². The molecule has 0 aliphatic carbocycles. The van der Waals surface area contributed by atoms with Crippen LogP contribution in [0.3, 0.4) is 0 Å². The van der Waals surface area contributed by atoms with Crippen LogP contribution < -0.4 is 0 Å². The Morgan fingerprint density at radius 3 is 1.62 bits per heavy atom. The van der Waals surface area contributed by atoms with Crippen LogP contribution in [0, 0.1) is 0 Å². The van der Waals surface area contributed by atoms with Crippen LogP contribution in [0.1, 0.15) is 168 Å². The first-order valence-corrected chi connectivity index (χ1v) is 20.9. The first kappa shape index (κ1) is 46.2. The fourth-order valence-electron chi connectivity index (χ4n) is 5.25. The van der Waals surface area contributed by atoms with E-state index in [2.05, 4.69) is 26.0 Å². The molecule has 0 aromatic carbocycles. The number of unbranched alkanes of at least 4 members (excludes halogenated alkanes) is 20. The highest BCUT2D eigenvalue weighted by Gasteiger charge is 2.26. The van der Waals surface area contributed by atoms with E-state index in [1.165, 1.54) is 116 Å². The average Bonchev–Trinajstić information content (AvgIpc) is 3.01. The predicted molar refractivity (Wildman–Crippen MR) is 197 cm³/mol. The normalized spacial score (nSPS) is 14.1. The third-order valence-electron chi connectivity index (χ3n) is 8.33. The summed E-state index contributed by atoms with van der Waals surface area (Å²) in [6, 6.07) is 0. The van der Waals surface area contributed by atoms with Crippen LogP contribution in [0.25, 0.3) is 0 Å². The average molecular weight is 691 g/mol. The number of rotatable bonds is 36. The molecule has 0 radical (unpaired) electrons. The second-order valence-corrected chi connectivity index (χ2v) is 15.8. The van der Waals surface area contributed by atoms with Crippen LogP contribution in [-0.4, -0.2) is 75.6 Å². The largest absolute Gasteiger partial charge is 0.472 e. The topological polar surface area (TPSA) is 91.3 Å². The van der Waals surface area contributed by atoms with Gasteiger partial charge in [-0.15, -0.1) is 0 Å². The lowest BCUT2D eigenvalue weighted by molar-refractivity contribution is -0.870. The molecule has 2 atom stereocenters. The van der Waals surface area contributed by atoms with Crippen LogP contribution in [0.2, 0.25) is 0 Å². The highest BCUT2D eigenvalue weighted by molar-refractivity contribution is 7.47. The molecule has 0 heterocycles. The van der Waals surface area contributed by atoms with E-state index in [9.17, 15) is 14.3 Å². The van der Waals surface area contributed by atoms with Crippen molar-refractivity contribution in [3.8, 4) is 0 Å². The second kappa shape index (κ2) is 32.4. The first-order valence-electron chi connectivity index (χ1n) is 19.4. The number of quaternary nitrogens is 1. The Hall–Kier alpha value is -0.760. The van der Waals surface area contributed by atoms with Gasteiger partial charge in [0.05, 0.1) is 34.4 Å². The number of phosphoric acid groups is 1. The number of likely N-dealkylation sites (N-methyl/N-ethyl adjacent to an activating group) is 1. The van der Waals surface area contributed by atoms with Crippen LogP contribution >= 0.6 is 7.82 Å². The number of ether oxygens (including phenoxy) is 2. The molecule has 0 fully saturated rings. The Kier molecular flexibility index (Phi) is 31.9. The van der Waals surface area contributed by atoms with Gasteiger partial charge in [-0.25, -0.2) is 4.57 Å². The van der Waals surface area contributed by atoms with E-state index in [0.29, 0.717) is 24.1 Å². The number of nitrogens with zero attached hydrogens (tertiary/aromatic N) is 1. The number of carbonyl (C=O) groups is 1. The molecular weight excluding hydrogens is 613 g/mol. The summed E-state index contributed by atoms with van der Waals surface area (Å²) in [7, 11) is 1.67. The van der Waals surface area contributed by atoms with Gasteiger partial charge in [0.15, 0.2) is 0 Å². The number of carbonyl (C=O) groups excluding carboxylic acids is 1. The van der Waals surface area contributed by atoms with Crippen molar-refractivity contribution in [2.45, 2.75) is 174 Å². The summed E-state index contributed by atoms with van der Waals surface area (Å²) in [6.07, 6.45) is 33.2. The molecule has 0 spiro atoms. The molecule has 280 valence electrons. The minimum atomic E-state index is -4.25. The summed E-state index contributed by atoms with van der Waals surface area (Å²) in [6.45, 7) is 5.46. The fourth-order valence-corrected chi connectivity index (χ4v) is 5.99. The number of allylic oxidation sites excluding steroid dienone is 2. The summed E-state index contributed by atoms with van der Waals surface area (Å²) in [5.74, 6) is -0.337. The Labute approximate surface area is 290 Å². The molecule has 2 unspecified atom stereocenters. The van der Waals surface area contributed by atoms with Gasteiger partial charge in [0.1, 0.15) is 19.3 Å². The minimum absolute atomic E-state index is 0.0899. The molecule has 0 saturated carbocycles. The standard InChI is InChI=1S/C38H76NO7P/c1-6-8-10-11-12-13-14-15-16-17-18-19-20-21-22-23-24-25-26-27-28-30-33-43-35-37(46-38(40)31-29-9-7-2)36-45-47(41,42)44-34-32-39(3,4)5/h17-18,37H,6-16,19-36H2,1-5H3/p+1/b18-17-. The summed E-state index contributed by atoms with van der Waals surface area (Å²) in [5, 5.41) is 0. The van der Waals surface area contributed by atoms with Crippen LogP contribution in [0.4, 0.5) is 0 Å². The van der Waals surface area contributed by atoms with E-state index in [4.69, 9.17) is 18.5 Å². The maximum Gasteiger partial charge on any atom is 0.472 e. The Morgan fingerprint density at radius 1 is 0.638 bits per heavy atom. The van der Waals surface area contributed by atoms with Gasteiger partial charge in [-0.3, -0.25) is 13.8 Å². The van der Waals surface area contributed by atoms with E-state index >= 15 is 0 Å². The lowest BCUT2D eigenvalue weighted by Gasteiger charge is -2.24. The highest BCUT2D eigenvalue weighted by Crippen LogP contribution is 2.43. The molecule has 9 heteroatoms.